The number of thiophene rings is 1. The van der Waals surface area contributed by atoms with E-state index in [1.54, 1.807) is 37.4 Å². The van der Waals surface area contributed by atoms with Crippen LogP contribution in [0.25, 0.3) is 10.4 Å². The molecule has 24 heavy (non-hydrogen) atoms. The van der Waals surface area contributed by atoms with Crippen molar-refractivity contribution in [3.63, 3.8) is 0 Å². The second-order valence-corrected chi connectivity index (χ2v) is 5.55. The SMILES string of the molecule is CNC(=O)Nc1cc(-c2ccc(OC)cc2)sc1C(=O)OC(N)=O. The number of carbonyl (C=O) groups is 3. The van der Waals surface area contributed by atoms with E-state index in [2.05, 4.69) is 15.4 Å². The number of benzene rings is 1. The summed E-state index contributed by atoms with van der Waals surface area (Å²) < 4.78 is 9.49. The highest BCUT2D eigenvalue weighted by Crippen LogP contribution is 2.36. The molecule has 1 aromatic carbocycles. The zero-order valence-electron chi connectivity index (χ0n) is 12.9. The molecule has 0 spiro atoms. The van der Waals surface area contributed by atoms with Gasteiger partial charge in [0.1, 0.15) is 10.6 Å². The third-order valence-corrected chi connectivity index (χ3v) is 4.12. The highest BCUT2D eigenvalue weighted by Gasteiger charge is 2.21. The molecule has 2 aromatic rings. The molecule has 0 radical (unpaired) electrons. The van der Waals surface area contributed by atoms with E-state index in [9.17, 15) is 14.4 Å². The van der Waals surface area contributed by atoms with Gasteiger partial charge in [-0.3, -0.25) is 0 Å². The number of ether oxygens (including phenoxy) is 2. The van der Waals surface area contributed by atoms with Crippen LogP contribution in [0.1, 0.15) is 9.67 Å². The van der Waals surface area contributed by atoms with Crippen molar-refractivity contribution in [1.29, 1.82) is 0 Å². The first kappa shape index (κ1) is 17.3. The lowest BCUT2D eigenvalue weighted by Crippen LogP contribution is -2.25. The lowest BCUT2D eigenvalue weighted by Gasteiger charge is -2.04. The third-order valence-electron chi connectivity index (χ3n) is 2.96. The lowest BCUT2D eigenvalue weighted by molar-refractivity contribution is 0.0644. The maximum absolute atomic E-state index is 12.0. The Hall–Kier alpha value is -3.07. The smallest absolute Gasteiger partial charge is 0.412 e. The van der Waals surface area contributed by atoms with Gasteiger partial charge in [0.2, 0.25) is 0 Å². The molecule has 0 saturated heterocycles. The number of anilines is 1. The maximum atomic E-state index is 12.0. The molecule has 4 N–H and O–H groups in total. The summed E-state index contributed by atoms with van der Waals surface area (Å²) in [7, 11) is 3.00. The summed E-state index contributed by atoms with van der Waals surface area (Å²) in [4.78, 5) is 35.1. The normalized spacial score (nSPS) is 9.92. The summed E-state index contributed by atoms with van der Waals surface area (Å²) >= 11 is 1.06. The lowest BCUT2D eigenvalue weighted by atomic mass is 10.2. The molecule has 8 nitrogen and oxygen atoms in total. The topological polar surface area (TPSA) is 120 Å². The van der Waals surface area contributed by atoms with Crippen LogP contribution in [0.2, 0.25) is 0 Å². The average Bonchev–Trinajstić information content (AvgIpc) is 2.98. The molecule has 0 fully saturated rings. The Kier molecular flexibility index (Phi) is 5.38. The zero-order chi connectivity index (χ0) is 17.7. The van der Waals surface area contributed by atoms with Gasteiger partial charge >= 0.3 is 18.1 Å². The summed E-state index contributed by atoms with van der Waals surface area (Å²) in [5.41, 5.74) is 5.89. The monoisotopic (exact) mass is 349 g/mol. The van der Waals surface area contributed by atoms with Gasteiger partial charge in [-0.25, -0.2) is 14.4 Å². The van der Waals surface area contributed by atoms with Crippen molar-refractivity contribution in [3.05, 3.63) is 35.2 Å². The molecule has 0 unspecified atom stereocenters. The largest absolute Gasteiger partial charge is 0.497 e. The van der Waals surface area contributed by atoms with Crippen LogP contribution in [0.4, 0.5) is 15.3 Å². The Labute approximate surface area is 141 Å². The highest BCUT2D eigenvalue weighted by atomic mass is 32.1. The molecule has 0 atom stereocenters. The highest BCUT2D eigenvalue weighted by molar-refractivity contribution is 7.18. The van der Waals surface area contributed by atoms with Gasteiger partial charge in [-0.2, -0.15) is 0 Å². The minimum absolute atomic E-state index is 0.0585. The van der Waals surface area contributed by atoms with Crippen LogP contribution >= 0.6 is 11.3 Å². The second-order valence-electron chi connectivity index (χ2n) is 4.49. The van der Waals surface area contributed by atoms with E-state index in [1.807, 2.05) is 0 Å². The van der Waals surface area contributed by atoms with E-state index in [4.69, 9.17) is 10.5 Å². The zero-order valence-corrected chi connectivity index (χ0v) is 13.7. The van der Waals surface area contributed by atoms with Crippen LogP contribution in [0.5, 0.6) is 5.75 Å². The molecule has 0 saturated carbocycles. The number of nitrogens with one attached hydrogen (secondary N) is 2. The van der Waals surface area contributed by atoms with Gasteiger partial charge in [0.05, 0.1) is 12.8 Å². The van der Waals surface area contributed by atoms with Crippen molar-refractivity contribution in [3.8, 4) is 16.2 Å². The van der Waals surface area contributed by atoms with Crippen LogP contribution in [0, 0.1) is 0 Å². The number of nitrogens with two attached hydrogens (primary N) is 1. The number of amides is 3. The van der Waals surface area contributed by atoms with Crippen molar-refractivity contribution in [2.24, 2.45) is 5.73 Å². The molecule has 0 bridgehead atoms. The molecular formula is C15H15N3O5S. The van der Waals surface area contributed by atoms with E-state index in [0.717, 1.165) is 16.9 Å². The number of urea groups is 1. The predicted octanol–water partition coefficient (Wildman–Crippen LogP) is 2.41. The fraction of sp³-hybridized carbons (Fsp3) is 0.133. The van der Waals surface area contributed by atoms with Crippen LogP contribution in [0.15, 0.2) is 30.3 Å². The molecular weight excluding hydrogens is 334 g/mol. The standard InChI is InChI=1S/C15H15N3O5S/c1-17-15(21)18-10-7-11(8-3-5-9(22-2)6-4-8)24-12(10)13(19)23-14(16)20/h3-7H,1-2H3,(H2,16,20)(H2,17,18,21). The number of hydrogen-bond acceptors (Lipinski definition) is 6. The number of rotatable bonds is 4. The number of primary amides is 1. The maximum Gasteiger partial charge on any atom is 0.412 e. The third kappa shape index (κ3) is 4.02. The van der Waals surface area contributed by atoms with E-state index >= 15 is 0 Å². The van der Waals surface area contributed by atoms with Gasteiger partial charge in [0.15, 0.2) is 0 Å². The first-order chi connectivity index (χ1) is 11.4. The van der Waals surface area contributed by atoms with Crippen molar-refractivity contribution in [2.45, 2.75) is 0 Å². The molecule has 1 heterocycles. The molecule has 9 heteroatoms. The van der Waals surface area contributed by atoms with Crippen LogP contribution < -0.4 is 21.1 Å². The first-order valence-electron chi connectivity index (χ1n) is 6.73. The number of esters is 1. The Bertz CT molecular complexity index is 770. The Morgan fingerprint density at radius 2 is 1.83 bits per heavy atom. The Balaban J connectivity index is 2.40. The molecule has 126 valence electrons. The first-order valence-corrected chi connectivity index (χ1v) is 7.55. The van der Waals surface area contributed by atoms with Gasteiger partial charge in [-0.05, 0) is 35.9 Å². The molecule has 0 aliphatic rings. The number of hydrogen-bond donors (Lipinski definition) is 3. The van der Waals surface area contributed by atoms with Gasteiger partial charge in [0, 0.05) is 11.9 Å². The minimum atomic E-state index is -1.22. The van der Waals surface area contributed by atoms with Crippen molar-refractivity contribution in [1.82, 2.24) is 5.32 Å². The summed E-state index contributed by atoms with van der Waals surface area (Å²) in [5, 5.41) is 4.89. The minimum Gasteiger partial charge on any atom is -0.497 e. The molecule has 1 aromatic heterocycles. The molecule has 0 aliphatic heterocycles. The number of methoxy groups -OCH3 is 1. The van der Waals surface area contributed by atoms with Gasteiger partial charge in [0.25, 0.3) is 0 Å². The van der Waals surface area contributed by atoms with Crippen molar-refractivity contribution >= 4 is 35.1 Å². The van der Waals surface area contributed by atoms with E-state index < -0.39 is 18.1 Å². The second kappa shape index (κ2) is 7.47. The van der Waals surface area contributed by atoms with Gasteiger partial charge in [-0.1, -0.05) is 0 Å². The van der Waals surface area contributed by atoms with E-state index in [0.29, 0.717) is 10.6 Å². The van der Waals surface area contributed by atoms with Gasteiger partial charge < -0.3 is 25.8 Å². The van der Waals surface area contributed by atoms with Crippen LogP contribution in [-0.2, 0) is 4.74 Å². The van der Waals surface area contributed by atoms with Crippen molar-refractivity contribution < 1.29 is 23.9 Å². The molecule has 2 rings (SSSR count). The van der Waals surface area contributed by atoms with E-state index in [-0.39, 0.29) is 10.6 Å². The van der Waals surface area contributed by atoms with Crippen molar-refractivity contribution in [2.75, 3.05) is 19.5 Å². The van der Waals surface area contributed by atoms with Crippen LogP contribution in [0.3, 0.4) is 0 Å². The average molecular weight is 349 g/mol. The van der Waals surface area contributed by atoms with Gasteiger partial charge in [-0.15, -0.1) is 11.3 Å². The summed E-state index contributed by atoms with van der Waals surface area (Å²) in [6, 6.07) is 8.24. The quantitative estimate of drug-likeness (QED) is 0.578. The summed E-state index contributed by atoms with van der Waals surface area (Å²) in [5.74, 6) is -0.244. The van der Waals surface area contributed by atoms with Crippen LogP contribution in [-0.4, -0.2) is 32.3 Å². The fourth-order valence-corrected chi connectivity index (χ4v) is 2.85. The Morgan fingerprint density at radius 3 is 2.38 bits per heavy atom. The fourth-order valence-electron chi connectivity index (χ4n) is 1.86. The van der Waals surface area contributed by atoms with E-state index in [1.165, 1.54) is 7.05 Å². The summed E-state index contributed by atoms with van der Waals surface area (Å²) in [6.07, 6.45) is -1.22. The molecule has 0 aliphatic carbocycles. The number of carbonyl (C=O) groups excluding carboxylic acids is 3. The molecule has 3 amide bonds. The summed E-state index contributed by atoms with van der Waals surface area (Å²) in [6.45, 7) is 0. The Morgan fingerprint density at radius 1 is 1.17 bits per heavy atom. The predicted molar refractivity (Wildman–Crippen MR) is 89.4 cm³/mol.